The van der Waals surface area contributed by atoms with Gasteiger partial charge in [0, 0.05) is 18.6 Å². The Hall–Kier alpha value is -0.120. The second-order valence-electron chi connectivity index (χ2n) is 4.22. The van der Waals surface area contributed by atoms with Gasteiger partial charge in [0.05, 0.1) is 12.7 Å². The monoisotopic (exact) mass is 172 g/mol. The Balaban J connectivity index is 2.13. The molecule has 0 aliphatic carbocycles. The minimum atomic E-state index is -0.0548. The van der Waals surface area contributed by atoms with Crippen molar-refractivity contribution >= 4 is 0 Å². The van der Waals surface area contributed by atoms with E-state index in [4.69, 9.17) is 10.5 Å². The van der Waals surface area contributed by atoms with Gasteiger partial charge in [-0.3, -0.25) is 0 Å². The standard InChI is InChI=1S/C9H20N2O/c1-9(2,10)4-3-8-7-11-5-6-12-8/h8,11H,3-7,10H2,1-2H3. The van der Waals surface area contributed by atoms with Gasteiger partial charge in [-0.05, 0) is 26.7 Å². The smallest absolute Gasteiger partial charge is 0.0700 e. The number of rotatable bonds is 3. The van der Waals surface area contributed by atoms with Gasteiger partial charge in [0.1, 0.15) is 0 Å². The molecule has 1 rings (SSSR count). The molecule has 1 unspecified atom stereocenters. The van der Waals surface area contributed by atoms with Gasteiger partial charge in [-0.2, -0.15) is 0 Å². The summed E-state index contributed by atoms with van der Waals surface area (Å²) in [5.74, 6) is 0. The van der Waals surface area contributed by atoms with Crippen molar-refractivity contribution in [3.63, 3.8) is 0 Å². The van der Waals surface area contributed by atoms with Crippen molar-refractivity contribution < 1.29 is 4.74 Å². The van der Waals surface area contributed by atoms with Crippen molar-refractivity contribution in [2.75, 3.05) is 19.7 Å². The summed E-state index contributed by atoms with van der Waals surface area (Å²) in [5.41, 5.74) is 5.82. The lowest BCUT2D eigenvalue weighted by Crippen LogP contribution is -2.40. The van der Waals surface area contributed by atoms with E-state index in [0.717, 1.165) is 32.5 Å². The molecule has 0 radical (unpaired) electrons. The molecule has 0 aromatic rings. The van der Waals surface area contributed by atoms with Gasteiger partial charge >= 0.3 is 0 Å². The molecule has 1 aliphatic heterocycles. The number of hydrogen-bond acceptors (Lipinski definition) is 3. The molecule has 1 saturated heterocycles. The molecule has 0 amide bonds. The SMILES string of the molecule is CC(C)(N)CCC1CNCCO1. The summed E-state index contributed by atoms with van der Waals surface area (Å²) in [4.78, 5) is 0. The van der Waals surface area contributed by atoms with Crippen LogP contribution in [0.3, 0.4) is 0 Å². The minimum Gasteiger partial charge on any atom is -0.376 e. The normalized spacial score (nSPS) is 25.8. The van der Waals surface area contributed by atoms with E-state index in [-0.39, 0.29) is 5.54 Å². The highest BCUT2D eigenvalue weighted by molar-refractivity contribution is 4.76. The number of ether oxygens (including phenoxy) is 1. The van der Waals surface area contributed by atoms with Crippen LogP contribution in [0.1, 0.15) is 26.7 Å². The van der Waals surface area contributed by atoms with Crippen LogP contribution in [-0.4, -0.2) is 31.3 Å². The topological polar surface area (TPSA) is 47.3 Å². The van der Waals surface area contributed by atoms with E-state index >= 15 is 0 Å². The molecule has 0 saturated carbocycles. The lowest BCUT2D eigenvalue weighted by Gasteiger charge is -2.26. The average molecular weight is 172 g/mol. The van der Waals surface area contributed by atoms with E-state index in [9.17, 15) is 0 Å². The van der Waals surface area contributed by atoms with Crippen molar-refractivity contribution in [1.29, 1.82) is 0 Å². The summed E-state index contributed by atoms with van der Waals surface area (Å²) >= 11 is 0. The second-order valence-corrected chi connectivity index (χ2v) is 4.22. The summed E-state index contributed by atoms with van der Waals surface area (Å²) in [6, 6.07) is 0. The fourth-order valence-electron chi connectivity index (χ4n) is 1.34. The van der Waals surface area contributed by atoms with E-state index < -0.39 is 0 Å². The lowest BCUT2D eigenvalue weighted by atomic mass is 9.97. The molecule has 3 heteroatoms. The number of hydrogen-bond donors (Lipinski definition) is 2. The molecule has 0 spiro atoms. The summed E-state index contributed by atoms with van der Waals surface area (Å²) in [6.45, 7) is 6.93. The molecular weight excluding hydrogens is 152 g/mol. The van der Waals surface area contributed by atoms with Gasteiger partial charge < -0.3 is 15.8 Å². The number of morpholine rings is 1. The summed E-state index contributed by atoms with van der Waals surface area (Å²) in [5, 5.41) is 3.31. The van der Waals surface area contributed by atoms with E-state index in [1.165, 1.54) is 0 Å². The third kappa shape index (κ3) is 4.04. The molecule has 0 aromatic carbocycles. The first-order valence-corrected chi connectivity index (χ1v) is 4.69. The summed E-state index contributed by atoms with van der Waals surface area (Å²) in [7, 11) is 0. The van der Waals surface area contributed by atoms with Gasteiger partial charge in [0.2, 0.25) is 0 Å². The van der Waals surface area contributed by atoms with Crippen LogP contribution >= 0.6 is 0 Å². The zero-order valence-corrected chi connectivity index (χ0v) is 8.10. The zero-order chi connectivity index (χ0) is 9.03. The van der Waals surface area contributed by atoms with Crippen molar-refractivity contribution in [2.45, 2.75) is 38.3 Å². The number of nitrogens with two attached hydrogens (primary N) is 1. The van der Waals surface area contributed by atoms with Crippen LogP contribution in [-0.2, 0) is 4.74 Å². The van der Waals surface area contributed by atoms with Crippen LogP contribution in [0, 0.1) is 0 Å². The first-order valence-electron chi connectivity index (χ1n) is 4.69. The van der Waals surface area contributed by atoms with E-state index in [1.807, 2.05) is 0 Å². The number of nitrogens with one attached hydrogen (secondary N) is 1. The molecule has 0 bridgehead atoms. The van der Waals surface area contributed by atoms with Gasteiger partial charge in [0.25, 0.3) is 0 Å². The van der Waals surface area contributed by atoms with Crippen LogP contribution in [0.15, 0.2) is 0 Å². The largest absolute Gasteiger partial charge is 0.376 e. The molecule has 72 valence electrons. The Kier molecular flexibility index (Phi) is 3.50. The highest BCUT2D eigenvalue weighted by Crippen LogP contribution is 2.12. The summed E-state index contributed by atoms with van der Waals surface area (Å²) in [6.07, 6.45) is 2.47. The fourth-order valence-corrected chi connectivity index (χ4v) is 1.34. The van der Waals surface area contributed by atoms with Crippen LogP contribution in [0.5, 0.6) is 0 Å². The van der Waals surface area contributed by atoms with Crippen LogP contribution in [0.4, 0.5) is 0 Å². The zero-order valence-electron chi connectivity index (χ0n) is 8.10. The van der Waals surface area contributed by atoms with Crippen LogP contribution in [0.2, 0.25) is 0 Å². The van der Waals surface area contributed by atoms with Crippen molar-refractivity contribution in [2.24, 2.45) is 5.73 Å². The van der Waals surface area contributed by atoms with E-state index in [2.05, 4.69) is 19.2 Å². The Morgan fingerprint density at radius 1 is 1.58 bits per heavy atom. The average Bonchev–Trinajstić information content (AvgIpc) is 2.02. The Bertz CT molecular complexity index is 125. The molecule has 1 heterocycles. The Labute approximate surface area is 74.7 Å². The van der Waals surface area contributed by atoms with Gasteiger partial charge in [0.15, 0.2) is 0 Å². The van der Waals surface area contributed by atoms with Crippen molar-refractivity contribution in [1.82, 2.24) is 5.32 Å². The molecule has 12 heavy (non-hydrogen) atoms. The van der Waals surface area contributed by atoms with Crippen molar-refractivity contribution in [3.05, 3.63) is 0 Å². The van der Waals surface area contributed by atoms with Gasteiger partial charge in [-0.1, -0.05) is 0 Å². The maximum atomic E-state index is 5.88. The maximum Gasteiger partial charge on any atom is 0.0700 e. The minimum absolute atomic E-state index is 0.0548. The lowest BCUT2D eigenvalue weighted by molar-refractivity contribution is 0.0196. The maximum absolute atomic E-state index is 5.88. The molecule has 3 N–H and O–H groups in total. The van der Waals surface area contributed by atoms with Gasteiger partial charge in [-0.25, -0.2) is 0 Å². The quantitative estimate of drug-likeness (QED) is 0.651. The van der Waals surface area contributed by atoms with Crippen molar-refractivity contribution in [3.8, 4) is 0 Å². The van der Waals surface area contributed by atoms with Gasteiger partial charge in [-0.15, -0.1) is 0 Å². The third-order valence-corrected chi connectivity index (χ3v) is 2.12. The third-order valence-electron chi connectivity index (χ3n) is 2.12. The molecular formula is C9H20N2O. The van der Waals surface area contributed by atoms with E-state index in [0.29, 0.717) is 6.10 Å². The first kappa shape index (κ1) is 9.96. The first-order chi connectivity index (χ1) is 5.58. The highest BCUT2D eigenvalue weighted by Gasteiger charge is 2.17. The molecule has 1 atom stereocenters. The van der Waals surface area contributed by atoms with Crippen LogP contribution in [0.25, 0.3) is 0 Å². The summed E-state index contributed by atoms with van der Waals surface area (Å²) < 4.78 is 5.56. The predicted octanol–water partition coefficient (Wildman–Crippen LogP) is 0.492. The predicted molar refractivity (Wildman–Crippen MR) is 50.1 cm³/mol. The highest BCUT2D eigenvalue weighted by atomic mass is 16.5. The Morgan fingerprint density at radius 2 is 2.33 bits per heavy atom. The van der Waals surface area contributed by atoms with E-state index in [1.54, 1.807) is 0 Å². The Morgan fingerprint density at radius 3 is 2.83 bits per heavy atom. The molecule has 3 nitrogen and oxygen atoms in total. The molecule has 1 aliphatic rings. The van der Waals surface area contributed by atoms with Crippen LogP contribution < -0.4 is 11.1 Å². The fraction of sp³-hybridized carbons (Fsp3) is 1.00. The second kappa shape index (κ2) is 4.21. The molecule has 1 fully saturated rings. The molecule has 0 aromatic heterocycles.